The maximum absolute atomic E-state index is 12.5. The maximum Gasteiger partial charge on any atom is 0.416 e. The Bertz CT molecular complexity index is 529. The quantitative estimate of drug-likeness (QED) is 0.776. The number of esters is 1. The Kier molecular flexibility index (Phi) is 7.02. The summed E-state index contributed by atoms with van der Waals surface area (Å²) in [6.07, 6.45) is -4.53. The van der Waals surface area contributed by atoms with Crippen molar-refractivity contribution in [1.82, 2.24) is 4.90 Å². The number of ether oxygens (including phenoxy) is 1. The number of halogens is 3. The second-order valence-electron chi connectivity index (χ2n) is 4.65. The van der Waals surface area contributed by atoms with Gasteiger partial charge in [-0.05, 0) is 31.2 Å². The van der Waals surface area contributed by atoms with E-state index in [0.717, 1.165) is 24.3 Å². The third kappa shape index (κ3) is 5.90. The molecule has 128 valence electrons. The molecule has 0 aliphatic carbocycles. The highest BCUT2D eigenvalue weighted by Crippen LogP contribution is 2.29. The van der Waals surface area contributed by atoms with E-state index in [1.54, 1.807) is 6.92 Å². The van der Waals surface area contributed by atoms with Gasteiger partial charge in [-0.1, -0.05) is 0 Å². The summed E-state index contributed by atoms with van der Waals surface area (Å²) in [5.74, 6) is -1.05. The molecule has 1 amide bonds. The van der Waals surface area contributed by atoms with Crippen LogP contribution in [0, 0.1) is 0 Å². The summed E-state index contributed by atoms with van der Waals surface area (Å²) in [6, 6.07) is 3.77. The van der Waals surface area contributed by atoms with Gasteiger partial charge < -0.3 is 14.7 Å². The number of alkyl halides is 3. The van der Waals surface area contributed by atoms with Gasteiger partial charge in [-0.15, -0.1) is 0 Å². The molecule has 0 spiro atoms. The van der Waals surface area contributed by atoms with Crippen LogP contribution < -0.4 is 0 Å². The molecule has 0 aliphatic heterocycles. The number of hydrogen-bond acceptors (Lipinski definition) is 4. The van der Waals surface area contributed by atoms with Crippen molar-refractivity contribution in [1.29, 1.82) is 0 Å². The largest absolute Gasteiger partial charge is 0.466 e. The van der Waals surface area contributed by atoms with Gasteiger partial charge in [-0.2, -0.15) is 13.2 Å². The molecule has 5 nitrogen and oxygen atoms in total. The van der Waals surface area contributed by atoms with E-state index in [2.05, 4.69) is 0 Å². The second kappa shape index (κ2) is 8.52. The lowest BCUT2D eigenvalue weighted by Crippen LogP contribution is -2.35. The van der Waals surface area contributed by atoms with Crippen molar-refractivity contribution in [2.24, 2.45) is 0 Å². The minimum Gasteiger partial charge on any atom is -0.466 e. The number of rotatable bonds is 7. The number of nitrogens with zero attached hydrogens (tertiary/aromatic N) is 1. The smallest absolute Gasteiger partial charge is 0.416 e. The molecule has 1 aromatic carbocycles. The van der Waals surface area contributed by atoms with E-state index in [4.69, 9.17) is 9.84 Å². The minimum absolute atomic E-state index is 0.0131. The van der Waals surface area contributed by atoms with E-state index in [-0.39, 0.29) is 38.3 Å². The average Bonchev–Trinajstić information content (AvgIpc) is 2.50. The summed E-state index contributed by atoms with van der Waals surface area (Å²) >= 11 is 0. The van der Waals surface area contributed by atoms with Crippen LogP contribution in [0.25, 0.3) is 0 Å². The van der Waals surface area contributed by atoms with Crippen LogP contribution in [0.1, 0.15) is 29.3 Å². The Morgan fingerprint density at radius 3 is 2.26 bits per heavy atom. The molecule has 23 heavy (non-hydrogen) atoms. The first kappa shape index (κ1) is 19.0. The number of hydrogen-bond donors (Lipinski definition) is 1. The predicted octanol–water partition coefficient (Wildman–Crippen LogP) is 2.09. The highest BCUT2D eigenvalue weighted by atomic mass is 19.4. The zero-order valence-corrected chi connectivity index (χ0v) is 12.6. The van der Waals surface area contributed by atoms with E-state index >= 15 is 0 Å². The van der Waals surface area contributed by atoms with Gasteiger partial charge >= 0.3 is 12.1 Å². The first-order valence-corrected chi connectivity index (χ1v) is 7.02. The molecule has 8 heteroatoms. The predicted molar refractivity (Wildman–Crippen MR) is 75.7 cm³/mol. The van der Waals surface area contributed by atoms with Crippen LogP contribution in [-0.2, 0) is 15.7 Å². The van der Waals surface area contributed by atoms with Gasteiger partial charge in [-0.3, -0.25) is 9.59 Å². The van der Waals surface area contributed by atoms with Gasteiger partial charge in [-0.25, -0.2) is 0 Å². The number of carbonyl (C=O) groups excluding carboxylic acids is 2. The fourth-order valence-corrected chi connectivity index (χ4v) is 1.88. The standard InChI is InChI=1S/C15H18F3NO4/c1-2-23-13(21)7-8-19(9-10-20)14(22)11-3-5-12(6-4-11)15(16,17)18/h3-6,20H,2,7-10H2,1H3. The maximum atomic E-state index is 12.5. The van der Waals surface area contributed by atoms with Crippen molar-refractivity contribution in [3.05, 3.63) is 35.4 Å². The van der Waals surface area contributed by atoms with Crippen molar-refractivity contribution in [2.45, 2.75) is 19.5 Å². The zero-order chi connectivity index (χ0) is 17.5. The van der Waals surface area contributed by atoms with Gasteiger partial charge in [0, 0.05) is 18.7 Å². The zero-order valence-electron chi connectivity index (χ0n) is 12.6. The van der Waals surface area contributed by atoms with Crippen molar-refractivity contribution < 1.29 is 32.6 Å². The van der Waals surface area contributed by atoms with E-state index < -0.39 is 23.6 Å². The molecule has 0 saturated carbocycles. The van der Waals surface area contributed by atoms with Crippen molar-refractivity contribution in [3.8, 4) is 0 Å². The molecule has 0 aromatic heterocycles. The molecule has 0 radical (unpaired) electrons. The van der Waals surface area contributed by atoms with Crippen molar-refractivity contribution >= 4 is 11.9 Å². The van der Waals surface area contributed by atoms with Gasteiger partial charge in [0.2, 0.25) is 0 Å². The fraction of sp³-hybridized carbons (Fsp3) is 0.467. The van der Waals surface area contributed by atoms with Gasteiger partial charge in [0.25, 0.3) is 5.91 Å². The molecular weight excluding hydrogens is 315 g/mol. The van der Waals surface area contributed by atoms with Gasteiger partial charge in [0.15, 0.2) is 0 Å². The topological polar surface area (TPSA) is 66.8 Å². The second-order valence-corrected chi connectivity index (χ2v) is 4.65. The Labute approximate surface area is 131 Å². The molecular formula is C15H18F3NO4. The van der Waals surface area contributed by atoms with Crippen LogP contribution in [0.15, 0.2) is 24.3 Å². The third-order valence-electron chi connectivity index (χ3n) is 3.01. The fourth-order valence-electron chi connectivity index (χ4n) is 1.88. The van der Waals surface area contributed by atoms with E-state index in [0.29, 0.717) is 0 Å². The molecule has 0 aliphatic rings. The Hall–Kier alpha value is -2.09. The summed E-state index contributed by atoms with van der Waals surface area (Å²) < 4.78 is 42.3. The van der Waals surface area contributed by atoms with Crippen LogP contribution in [-0.4, -0.2) is 48.2 Å². The number of aliphatic hydroxyl groups excluding tert-OH is 1. The average molecular weight is 333 g/mol. The number of benzene rings is 1. The highest BCUT2D eigenvalue weighted by Gasteiger charge is 2.30. The van der Waals surface area contributed by atoms with Crippen LogP contribution in [0.4, 0.5) is 13.2 Å². The lowest BCUT2D eigenvalue weighted by Gasteiger charge is -2.21. The summed E-state index contributed by atoms with van der Waals surface area (Å²) in [5, 5.41) is 8.99. The monoisotopic (exact) mass is 333 g/mol. The molecule has 0 unspecified atom stereocenters. The first-order chi connectivity index (χ1) is 10.8. The normalized spacial score (nSPS) is 11.2. The number of amides is 1. The summed E-state index contributed by atoms with van der Waals surface area (Å²) in [5.41, 5.74) is -0.801. The van der Waals surface area contributed by atoms with Crippen LogP contribution in [0.5, 0.6) is 0 Å². The van der Waals surface area contributed by atoms with Crippen LogP contribution in [0.2, 0.25) is 0 Å². The summed E-state index contributed by atoms with van der Waals surface area (Å²) in [6.45, 7) is 1.52. The van der Waals surface area contributed by atoms with Gasteiger partial charge in [0.05, 0.1) is 25.2 Å². The number of carbonyl (C=O) groups is 2. The number of aliphatic hydroxyl groups is 1. The first-order valence-electron chi connectivity index (χ1n) is 7.02. The molecule has 0 fully saturated rings. The summed E-state index contributed by atoms with van der Waals surface area (Å²) in [4.78, 5) is 24.8. The third-order valence-corrected chi connectivity index (χ3v) is 3.01. The van der Waals surface area contributed by atoms with E-state index in [1.165, 1.54) is 4.90 Å². The minimum atomic E-state index is -4.48. The van der Waals surface area contributed by atoms with Crippen molar-refractivity contribution in [3.63, 3.8) is 0 Å². The molecule has 0 atom stereocenters. The van der Waals surface area contributed by atoms with E-state index in [1.807, 2.05) is 0 Å². The Morgan fingerprint density at radius 1 is 1.17 bits per heavy atom. The lowest BCUT2D eigenvalue weighted by molar-refractivity contribution is -0.143. The molecule has 0 saturated heterocycles. The Morgan fingerprint density at radius 2 is 1.78 bits per heavy atom. The molecule has 1 N–H and O–H groups in total. The highest BCUT2D eigenvalue weighted by molar-refractivity contribution is 5.94. The van der Waals surface area contributed by atoms with Gasteiger partial charge in [0.1, 0.15) is 0 Å². The summed E-state index contributed by atoms with van der Waals surface area (Å²) in [7, 11) is 0. The SMILES string of the molecule is CCOC(=O)CCN(CCO)C(=O)c1ccc(C(F)(F)F)cc1. The van der Waals surface area contributed by atoms with E-state index in [9.17, 15) is 22.8 Å². The molecule has 1 rings (SSSR count). The lowest BCUT2D eigenvalue weighted by atomic mass is 10.1. The van der Waals surface area contributed by atoms with Crippen LogP contribution >= 0.6 is 0 Å². The Balaban J connectivity index is 2.78. The van der Waals surface area contributed by atoms with Crippen molar-refractivity contribution in [2.75, 3.05) is 26.3 Å². The molecule has 1 aromatic rings. The van der Waals surface area contributed by atoms with Crippen LogP contribution in [0.3, 0.4) is 0 Å². The molecule has 0 bridgehead atoms. The molecule has 0 heterocycles.